The van der Waals surface area contributed by atoms with Gasteiger partial charge in [-0.3, -0.25) is 53.2 Å². The fourth-order valence-electron chi connectivity index (χ4n) is 9.07. The third-order valence-electron chi connectivity index (χ3n) is 13.2. The Morgan fingerprint density at radius 3 is 1.54 bits per heavy atom. The minimum absolute atomic E-state index is 0.0288. The number of hydrogen-bond acceptors (Lipinski definition) is 14. The number of fused-ring (bicyclic) bond motifs is 1. The lowest BCUT2D eigenvalue weighted by Crippen LogP contribution is -2.51. The molecule has 0 spiro atoms. The molecular weight excluding hydrogens is 971 g/mol. The number of amides is 5. The molecule has 74 heavy (non-hydrogen) atoms. The van der Waals surface area contributed by atoms with Crippen LogP contribution in [0.5, 0.6) is 0 Å². The number of nitrogens with zero attached hydrogens (tertiary/aromatic N) is 4. The molecule has 2 fully saturated rings. The van der Waals surface area contributed by atoms with Crippen LogP contribution >= 0.6 is 0 Å². The van der Waals surface area contributed by atoms with Crippen molar-refractivity contribution < 1.29 is 78.6 Å². The Hall–Kier alpha value is -6.96. The van der Waals surface area contributed by atoms with Crippen molar-refractivity contribution in [1.82, 2.24) is 46.2 Å². The summed E-state index contributed by atoms with van der Waals surface area (Å²) in [5, 5.41) is 71.3. The molecule has 2 aromatic rings. The van der Waals surface area contributed by atoms with Gasteiger partial charge in [-0.2, -0.15) is 0 Å². The molecule has 5 amide bonds. The fraction of sp³-hybridized carbons (Fsp3) is 0.592. The van der Waals surface area contributed by atoms with E-state index >= 15 is 0 Å². The molecule has 25 nitrogen and oxygen atoms in total. The Morgan fingerprint density at radius 2 is 1.03 bits per heavy atom. The molecule has 2 aromatic carbocycles. The SMILES string of the molecule is O=C(O)CCC(NC(=O)NC(CCCCNC(=O)C(Cc1cccc2ccccc12)NC(=O)C1CCC(CNC(=O)CN2CCN(CC(=O)O)CCN(CC(=O)O)CCN(CC(=O)O)CC2)CC1)C(=O)O)C(=O)O. The number of nitrogens with one attached hydrogen (secondary N) is 5. The summed E-state index contributed by atoms with van der Waals surface area (Å²) >= 11 is 0. The van der Waals surface area contributed by atoms with E-state index in [1.165, 1.54) is 0 Å². The summed E-state index contributed by atoms with van der Waals surface area (Å²) in [6.45, 7) is 1.72. The van der Waals surface area contributed by atoms with Crippen molar-refractivity contribution in [3.05, 3.63) is 48.0 Å². The number of carboxylic acids is 6. The van der Waals surface area contributed by atoms with E-state index in [0.717, 1.165) is 16.3 Å². The van der Waals surface area contributed by atoms with E-state index in [2.05, 4.69) is 26.6 Å². The molecule has 25 heteroatoms. The zero-order chi connectivity index (χ0) is 54.2. The molecule has 2 aliphatic rings. The molecule has 1 saturated heterocycles. The average molecular weight is 1040 g/mol. The van der Waals surface area contributed by atoms with Crippen LogP contribution in [0.15, 0.2) is 42.5 Å². The second kappa shape index (κ2) is 30.9. The fourth-order valence-corrected chi connectivity index (χ4v) is 9.07. The lowest BCUT2D eigenvalue weighted by molar-refractivity contribution is -0.141. The number of aliphatic carboxylic acids is 6. The van der Waals surface area contributed by atoms with Gasteiger partial charge in [-0.05, 0) is 73.6 Å². The van der Waals surface area contributed by atoms with Crippen molar-refractivity contribution in [3.63, 3.8) is 0 Å². The predicted octanol–water partition coefficient (Wildman–Crippen LogP) is -0.378. The largest absolute Gasteiger partial charge is 0.481 e. The van der Waals surface area contributed by atoms with E-state index in [4.69, 9.17) is 5.11 Å². The molecule has 3 unspecified atom stereocenters. The zero-order valence-electron chi connectivity index (χ0n) is 41.5. The van der Waals surface area contributed by atoms with E-state index in [9.17, 15) is 73.5 Å². The molecule has 0 radical (unpaired) electrons. The number of benzene rings is 2. The highest BCUT2D eigenvalue weighted by Crippen LogP contribution is 2.29. The predicted molar refractivity (Wildman–Crippen MR) is 265 cm³/mol. The molecule has 0 bridgehead atoms. The quantitative estimate of drug-likeness (QED) is 0.0508. The van der Waals surface area contributed by atoms with Gasteiger partial charge in [0.2, 0.25) is 17.7 Å². The number of unbranched alkanes of at least 4 members (excludes halogenated alkanes) is 1. The first-order valence-corrected chi connectivity index (χ1v) is 24.9. The number of urea groups is 1. The third kappa shape index (κ3) is 22.0. The summed E-state index contributed by atoms with van der Waals surface area (Å²) in [6, 6.07) is 8.30. The molecule has 1 aliphatic heterocycles. The second-order valence-corrected chi connectivity index (χ2v) is 18.8. The second-order valence-electron chi connectivity index (χ2n) is 18.8. The zero-order valence-corrected chi connectivity index (χ0v) is 41.5. The van der Waals surface area contributed by atoms with Gasteiger partial charge >= 0.3 is 41.8 Å². The van der Waals surface area contributed by atoms with Crippen LogP contribution in [-0.2, 0) is 49.6 Å². The molecule has 3 atom stereocenters. The number of carbonyl (C=O) groups is 10. The summed E-state index contributed by atoms with van der Waals surface area (Å²) in [6.07, 6.45) is 1.90. The highest BCUT2D eigenvalue weighted by Gasteiger charge is 2.31. The van der Waals surface area contributed by atoms with Crippen molar-refractivity contribution in [1.29, 1.82) is 0 Å². The molecule has 408 valence electrons. The van der Waals surface area contributed by atoms with Gasteiger partial charge in [-0.25, -0.2) is 14.4 Å². The maximum Gasteiger partial charge on any atom is 0.326 e. The Balaban J connectivity index is 1.30. The number of carbonyl (C=O) groups excluding carboxylic acids is 4. The summed E-state index contributed by atoms with van der Waals surface area (Å²) < 4.78 is 0. The highest BCUT2D eigenvalue weighted by molar-refractivity contribution is 5.91. The van der Waals surface area contributed by atoms with E-state index in [1.807, 2.05) is 47.4 Å². The van der Waals surface area contributed by atoms with Crippen LogP contribution in [0.1, 0.15) is 63.4 Å². The Bertz CT molecular complexity index is 2220. The Kier molecular flexibility index (Phi) is 24.9. The number of rotatable bonds is 27. The molecule has 1 heterocycles. The number of hydrogen-bond donors (Lipinski definition) is 11. The van der Waals surface area contributed by atoms with Crippen LogP contribution < -0.4 is 26.6 Å². The van der Waals surface area contributed by atoms with Crippen LogP contribution in [0.2, 0.25) is 0 Å². The normalized spacial score (nSPS) is 18.8. The van der Waals surface area contributed by atoms with E-state index in [-0.39, 0.29) is 115 Å². The Morgan fingerprint density at radius 1 is 0.527 bits per heavy atom. The van der Waals surface area contributed by atoms with Crippen LogP contribution in [-0.4, -0.2) is 220 Å². The van der Waals surface area contributed by atoms with Crippen molar-refractivity contribution >= 4 is 70.3 Å². The Labute approximate surface area is 428 Å². The summed E-state index contributed by atoms with van der Waals surface area (Å²) in [4.78, 5) is 129. The first-order valence-electron chi connectivity index (χ1n) is 24.9. The lowest BCUT2D eigenvalue weighted by atomic mass is 9.81. The topological polar surface area (TPSA) is 365 Å². The number of carboxylic acid groups (broad SMARTS) is 6. The summed E-state index contributed by atoms with van der Waals surface area (Å²) in [5.74, 6) is -8.67. The summed E-state index contributed by atoms with van der Waals surface area (Å²) in [5.41, 5.74) is 0.831. The van der Waals surface area contributed by atoms with Crippen LogP contribution in [0, 0.1) is 11.8 Å². The van der Waals surface area contributed by atoms with Gasteiger partial charge in [0.05, 0.1) is 26.2 Å². The lowest BCUT2D eigenvalue weighted by Gasteiger charge is -2.33. The first-order chi connectivity index (χ1) is 35.3. The van der Waals surface area contributed by atoms with Crippen molar-refractivity contribution in [2.75, 3.05) is 91.6 Å². The molecule has 11 N–H and O–H groups in total. The van der Waals surface area contributed by atoms with Gasteiger partial charge in [-0.15, -0.1) is 0 Å². The van der Waals surface area contributed by atoms with Crippen LogP contribution in [0.4, 0.5) is 4.79 Å². The van der Waals surface area contributed by atoms with E-state index < -0.39 is 84.6 Å². The highest BCUT2D eigenvalue weighted by atomic mass is 16.4. The molecule has 0 aromatic heterocycles. The van der Waals surface area contributed by atoms with Gasteiger partial charge < -0.3 is 57.2 Å². The maximum absolute atomic E-state index is 13.9. The minimum atomic E-state index is -1.55. The van der Waals surface area contributed by atoms with Gasteiger partial charge in [0.25, 0.3) is 0 Å². The monoisotopic (exact) mass is 1040 g/mol. The van der Waals surface area contributed by atoms with Gasteiger partial charge in [0, 0.05) is 84.2 Å². The van der Waals surface area contributed by atoms with E-state index in [0.29, 0.717) is 45.3 Å². The molecule has 1 aliphatic carbocycles. The standard InChI is InChI=1S/C49H71N9O16/c59-40(28-55-18-20-56(29-42(62)63)22-24-58(31-44(66)67)25-23-57(21-19-55)30-43(64)65)51-27-32-11-13-34(14-12-32)45(68)52-39(26-35-8-5-7-33-6-1-2-9-36(33)35)46(69)50-17-4-3-10-37(47(70)71)53-49(74)54-38(48(72)73)15-16-41(60)61/h1-2,5-9,32,34,37-39H,3-4,10-31H2,(H,50,69)(H,51,59)(H,52,68)(H,60,61)(H,62,63)(H,64,65)(H,66,67)(H,70,71)(H,72,73)(H2,53,54,74). The van der Waals surface area contributed by atoms with Crippen LogP contribution in [0.25, 0.3) is 10.8 Å². The summed E-state index contributed by atoms with van der Waals surface area (Å²) in [7, 11) is 0. The average Bonchev–Trinajstić information content (AvgIpc) is 3.34. The minimum Gasteiger partial charge on any atom is -0.481 e. The molecular formula is C49H71N9O16. The van der Waals surface area contributed by atoms with Gasteiger partial charge in [-0.1, -0.05) is 42.5 Å². The van der Waals surface area contributed by atoms with Crippen molar-refractivity contribution in [3.8, 4) is 0 Å². The van der Waals surface area contributed by atoms with Crippen LogP contribution in [0.3, 0.4) is 0 Å². The smallest absolute Gasteiger partial charge is 0.326 e. The van der Waals surface area contributed by atoms with Gasteiger partial charge in [0.15, 0.2) is 0 Å². The first kappa shape index (κ1) is 59.6. The third-order valence-corrected chi connectivity index (χ3v) is 13.2. The van der Waals surface area contributed by atoms with Crippen molar-refractivity contribution in [2.24, 2.45) is 11.8 Å². The van der Waals surface area contributed by atoms with Gasteiger partial charge in [0.1, 0.15) is 18.1 Å². The van der Waals surface area contributed by atoms with Crippen molar-refractivity contribution in [2.45, 2.75) is 82.3 Å². The van der Waals surface area contributed by atoms with E-state index in [1.54, 1.807) is 14.7 Å². The molecule has 4 rings (SSSR count). The molecule has 1 saturated carbocycles. The maximum atomic E-state index is 13.9.